The number of benzene rings is 3. The van der Waals surface area contributed by atoms with E-state index < -0.39 is 17.6 Å². The quantitative estimate of drug-likeness (QED) is 0.379. The molecule has 0 spiro atoms. The van der Waals surface area contributed by atoms with Crippen LogP contribution >= 0.6 is 0 Å². The van der Waals surface area contributed by atoms with E-state index in [1.54, 1.807) is 42.5 Å². The Bertz CT molecular complexity index is 1120. The molecule has 0 radical (unpaired) electrons. The van der Waals surface area contributed by atoms with Crippen LogP contribution in [0.4, 0.5) is 24.5 Å². The van der Waals surface area contributed by atoms with Crippen molar-refractivity contribution in [3.05, 3.63) is 96.2 Å². The lowest BCUT2D eigenvalue weighted by Crippen LogP contribution is -2.14. The van der Waals surface area contributed by atoms with E-state index in [9.17, 15) is 23.2 Å². The minimum absolute atomic E-state index is 0.0952. The highest BCUT2D eigenvalue weighted by atomic mass is 19.4. The average molecular weight is 423 g/mol. The van der Waals surface area contributed by atoms with Gasteiger partial charge in [-0.05, 0) is 54.6 Å². The van der Waals surface area contributed by atoms with Gasteiger partial charge in [-0.3, -0.25) is 4.79 Å². The van der Waals surface area contributed by atoms with Gasteiger partial charge in [0.25, 0.3) is 5.91 Å². The first-order valence-electron chi connectivity index (χ1n) is 9.03. The van der Waals surface area contributed by atoms with Gasteiger partial charge in [-0.15, -0.1) is 0 Å². The SMILES string of the molecule is N#C/C(=C/Nc1cccc(C(F)(F)F)c1)C(=O)Nc1ccc(Oc2ccccc2)cc1. The minimum atomic E-state index is -4.49. The molecule has 8 heteroatoms. The molecular weight excluding hydrogens is 407 g/mol. The molecule has 0 heterocycles. The second kappa shape index (κ2) is 9.50. The molecule has 0 saturated heterocycles. The predicted octanol–water partition coefficient (Wildman–Crippen LogP) is 5.96. The Morgan fingerprint density at radius 1 is 0.903 bits per heavy atom. The van der Waals surface area contributed by atoms with Gasteiger partial charge in [0, 0.05) is 17.6 Å². The molecule has 0 aromatic heterocycles. The molecule has 5 nitrogen and oxygen atoms in total. The molecule has 0 fully saturated rings. The Morgan fingerprint density at radius 2 is 1.58 bits per heavy atom. The largest absolute Gasteiger partial charge is 0.457 e. The highest BCUT2D eigenvalue weighted by Crippen LogP contribution is 2.30. The molecule has 2 N–H and O–H groups in total. The molecule has 0 unspecified atom stereocenters. The average Bonchev–Trinajstić information content (AvgIpc) is 2.76. The summed E-state index contributed by atoms with van der Waals surface area (Å²) < 4.78 is 44.0. The highest BCUT2D eigenvalue weighted by molar-refractivity contribution is 6.06. The highest BCUT2D eigenvalue weighted by Gasteiger charge is 2.30. The number of halogens is 3. The summed E-state index contributed by atoms with van der Waals surface area (Å²) in [5, 5.41) is 14.3. The molecule has 0 bridgehead atoms. The first-order valence-corrected chi connectivity index (χ1v) is 9.03. The maximum absolute atomic E-state index is 12.8. The molecule has 0 aliphatic rings. The van der Waals surface area contributed by atoms with E-state index in [-0.39, 0.29) is 11.3 Å². The van der Waals surface area contributed by atoms with Crippen molar-refractivity contribution in [2.75, 3.05) is 10.6 Å². The van der Waals surface area contributed by atoms with Gasteiger partial charge in [0.2, 0.25) is 0 Å². The molecule has 31 heavy (non-hydrogen) atoms. The maximum atomic E-state index is 12.8. The van der Waals surface area contributed by atoms with E-state index in [1.807, 2.05) is 18.2 Å². The summed E-state index contributed by atoms with van der Waals surface area (Å²) in [6, 6.07) is 21.8. The molecule has 0 aliphatic carbocycles. The van der Waals surface area contributed by atoms with Crippen molar-refractivity contribution in [2.24, 2.45) is 0 Å². The van der Waals surface area contributed by atoms with E-state index in [0.717, 1.165) is 18.3 Å². The molecular formula is C23H16F3N3O2. The number of nitrogens with one attached hydrogen (secondary N) is 2. The van der Waals surface area contributed by atoms with E-state index in [1.165, 1.54) is 12.1 Å². The molecule has 1 amide bonds. The number of rotatable bonds is 6. The second-order valence-electron chi connectivity index (χ2n) is 6.29. The number of hydrogen-bond acceptors (Lipinski definition) is 4. The Morgan fingerprint density at radius 3 is 2.23 bits per heavy atom. The minimum Gasteiger partial charge on any atom is -0.457 e. The summed E-state index contributed by atoms with van der Waals surface area (Å²) in [5.41, 5.74) is -0.628. The van der Waals surface area contributed by atoms with Crippen LogP contribution in [0.15, 0.2) is 90.6 Å². The van der Waals surface area contributed by atoms with Crippen LogP contribution in [0.1, 0.15) is 5.56 Å². The summed E-state index contributed by atoms with van der Waals surface area (Å²) in [5.74, 6) is 0.514. The number of nitriles is 1. The maximum Gasteiger partial charge on any atom is 0.416 e. The normalized spacial score (nSPS) is 11.4. The predicted molar refractivity (Wildman–Crippen MR) is 110 cm³/mol. The summed E-state index contributed by atoms with van der Waals surface area (Å²) in [4.78, 5) is 12.3. The smallest absolute Gasteiger partial charge is 0.416 e. The molecule has 156 valence electrons. The number of anilines is 2. The van der Waals surface area contributed by atoms with Gasteiger partial charge in [0.15, 0.2) is 0 Å². The van der Waals surface area contributed by atoms with Gasteiger partial charge in [-0.2, -0.15) is 18.4 Å². The van der Waals surface area contributed by atoms with Crippen LogP contribution < -0.4 is 15.4 Å². The number of carbonyl (C=O) groups is 1. The molecule has 3 rings (SSSR count). The fourth-order valence-corrected chi connectivity index (χ4v) is 2.52. The van der Waals surface area contributed by atoms with Gasteiger partial charge >= 0.3 is 6.18 Å². The Balaban J connectivity index is 1.64. The zero-order valence-electron chi connectivity index (χ0n) is 16.0. The summed E-state index contributed by atoms with van der Waals surface area (Å²) in [7, 11) is 0. The number of para-hydroxylation sites is 1. The molecule has 0 atom stereocenters. The van der Waals surface area contributed by atoms with Crippen molar-refractivity contribution in [1.82, 2.24) is 0 Å². The van der Waals surface area contributed by atoms with Gasteiger partial charge in [-0.25, -0.2) is 0 Å². The van der Waals surface area contributed by atoms with Crippen molar-refractivity contribution < 1.29 is 22.7 Å². The molecule has 0 saturated carbocycles. The Kier molecular flexibility index (Phi) is 6.58. The summed E-state index contributed by atoms with van der Waals surface area (Å²) >= 11 is 0. The fourth-order valence-electron chi connectivity index (χ4n) is 2.52. The third-order valence-electron chi connectivity index (χ3n) is 4.03. The molecule has 3 aromatic carbocycles. The summed E-state index contributed by atoms with van der Waals surface area (Å²) in [6.07, 6.45) is -3.44. The fraction of sp³-hybridized carbons (Fsp3) is 0.0435. The standard InChI is InChI=1S/C23H16F3N3O2/c24-23(25,26)17-5-4-6-19(13-17)28-15-16(14-27)22(30)29-18-9-11-21(12-10-18)31-20-7-2-1-3-8-20/h1-13,15,28H,(H,29,30)/b16-15-. The monoisotopic (exact) mass is 423 g/mol. The van der Waals surface area contributed by atoms with Gasteiger partial charge in [0.1, 0.15) is 23.1 Å². The van der Waals surface area contributed by atoms with E-state index in [0.29, 0.717) is 17.2 Å². The van der Waals surface area contributed by atoms with Gasteiger partial charge < -0.3 is 15.4 Å². The van der Waals surface area contributed by atoms with Crippen LogP contribution in [-0.2, 0) is 11.0 Å². The number of amides is 1. The van der Waals surface area contributed by atoms with Crippen LogP contribution in [0.3, 0.4) is 0 Å². The van der Waals surface area contributed by atoms with Crippen molar-refractivity contribution in [2.45, 2.75) is 6.18 Å². The lowest BCUT2D eigenvalue weighted by molar-refractivity contribution is -0.137. The topological polar surface area (TPSA) is 74.2 Å². The van der Waals surface area contributed by atoms with Crippen LogP contribution in [0.5, 0.6) is 11.5 Å². The number of alkyl halides is 3. The number of hydrogen-bond donors (Lipinski definition) is 2. The van der Waals surface area contributed by atoms with Crippen LogP contribution in [0.25, 0.3) is 0 Å². The lowest BCUT2D eigenvalue weighted by atomic mass is 10.2. The van der Waals surface area contributed by atoms with Crippen molar-refractivity contribution in [3.8, 4) is 17.6 Å². The zero-order valence-corrected chi connectivity index (χ0v) is 16.0. The Labute approximate surface area is 176 Å². The third kappa shape index (κ3) is 6.11. The first-order chi connectivity index (χ1) is 14.8. The van der Waals surface area contributed by atoms with E-state index in [2.05, 4.69) is 10.6 Å². The van der Waals surface area contributed by atoms with Crippen LogP contribution in [0.2, 0.25) is 0 Å². The van der Waals surface area contributed by atoms with Crippen LogP contribution in [0, 0.1) is 11.3 Å². The molecule has 0 aliphatic heterocycles. The van der Waals surface area contributed by atoms with Crippen molar-refractivity contribution in [1.29, 1.82) is 5.26 Å². The van der Waals surface area contributed by atoms with Crippen molar-refractivity contribution in [3.63, 3.8) is 0 Å². The summed E-state index contributed by atoms with van der Waals surface area (Å²) in [6.45, 7) is 0. The zero-order chi connectivity index (χ0) is 22.3. The van der Waals surface area contributed by atoms with E-state index >= 15 is 0 Å². The number of carbonyl (C=O) groups excluding carboxylic acids is 1. The van der Waals surface area contributed by atoms with Crippen LogP contribution in [-0.4, -0.2) is 5.91 Å². The van der Waals surface area contributed by atoms with Gasteiger partial charge in [-0.1, -0.05) is 24.3 Å². The van der Waals surface area contributed by atoms with Gasteiger partial charge in [0.05, 0.1) is 5.56 Å². The number of ether oxygens (including phenoxy) is 1. The Hall–Kier alpha value is -4.25. The third-order valence-corrected chi connectivity index (χ3v) is 4.03. The van der Waals surface area contributed by atoms with E-state index in [4.69, 9.17) is 4.74 Å². The molecule has 3 aromatic rings. The lowest BCUT2D eigenvalue weighted by Gasteiger charge is -2.09. The van der Waals surface area contributed by atoms with Crippen molar-refractivity contribution >= 4 is 17.3 Å². The number of nitrogens with zero attached hydrogens (tertiary/aromatic N) is 1. The second-order valence-corrected chi connectivity index (χ2v) is 6.29. The first kappa shape index (κ1) is 21.5.